The van der Waals surface area contributed by atoms with E-state index in [1.165, 1.54) is 4.90 Å². The Morgan fingerprint density at radius 3 is 2.38 bits per heavy atom. The first-order valence-corrected chi connectivity index (χ1v) is 7.74. The number of thiocarbonyl (C=S) groups is 1. The van der Waals surface area contributed by atoms with Gasteiger partial charge in [-0.05, 0) is 19.8 Å². The van der Waals surface area contributed by atoms with E-state index in [4.69, 9.17) is 18.0 Å². The van der Waals surface area contributed by atoms with Crippen LogP contribution in [0.3, 0.4) is 0 Å². The SMILES string of the molecule is CC1C(=O)NC(=O)CN1C(=O)C1(C(N)=S)CCCCCC1. The Labute approximate surface area is 129 Å². The van der Waals surface area contributed by atoms with Crippen molar-refractivity contribution in [3.8, 4) is 0 Å². The fourth-order valence-electron chi connectivity index (χ4n) is 3.13. The highest BCUT2D eigenvalue weighted by molar-refractivity contribution is 7.80. The molecule has 2 rings (SSSR count). The molecule has 1 atom stereocenters. The Balaban J connectivity index is 2.31. The predicted molar refractivity (Wildman–Crippen MR) is 81.2 cm³/mol. The third-order valence-corrected chi connectivity index (χ3v) is 4.91. The molecule has 2 fully saturated rings. The van der Waals surface area contributed by atoms with Crippen molar-refractivity contribution in [1.29, 1.82) is 0 Å². The summed E-state index contributed by atoms with van der Waals surface area (Å²) in [5.41, 5.74) is 4.99. The average molecular weight is 311 g/mol. The monoisotopic (exact) mass is 311 g/mol. The van der Waals surface area contributed by atoms with E-state index in [-0.39, 0.29) is 17.4 Å². The fraction of sp³-hybridized carbons (Fsp3) is 0.714. The molecule has 3 amide bonds. The van der Waals surface area contributed by atoms with Gasteiger partial charge in [0, 0.05) is 0 Å². The molecular formula is C14H21N3O3S. The summed E-state index contributed by atoms with van der Waals surface area (Å²) >= 11 is 5.18. The number of nitrogens with zero attached hydrogens (tertiary/aromatic N) is 1. The van der Waals surface area contributed by atoms with Crippen molar-refractivity contribution in [2.24, 2.45) is 11.1 Å². The maximum Gasteiger partial charge on any atom is 0.249 e. The second-order valence-corrected chi connectivity index (χ2v) is 6.32. The van der Waals surface area contributed by atoms with Gasteiger partial charge >= 0.3 is 0 Å². The van der Waals surface area contributed by atoms with Gasteiger partial charge in [-0.3, -0.25) is 19.7 Å². The van der Waals surface area contributed by atoms with Crippen LogP contribution in [0.5, 0.6) is 0 Å². The van der Waals surface area contributed by atoms with Gasteiger partial charge in [0.2, 0.25) is 17.7 Å². The molecule has 0 bridgehead atoms. The summed E-state index contributed by atoms with van der Waals surface area (Å²) in [4.78, 5) is 37.8. The minimum absolute atomic E-state index is 0.115. The summed E-state index contributed by atoms with van der Waals surface area (Å²) < 4.78 is 0. The number of rotatable bonds is 2. The van der Waals surface area contributed by atoms with Crippen molar-refractivity contribution >= 4 is 34.9 Å². The van der Waals surface area contributed by atoms with Crippen LogP contribution in [-0.4, -0.2) is 40.2 Å². The topological polar surface area (TPSA) is 92.5 Å². The summed E-state index contributed by atoms with van der Waals surface area (Å²) in [6.45, 7) is 1.50. The van der Waals surface area contributed by atoms with Crippen LogP contribution in [0.4, 0.5) is 0 Å². The molecule has 0 radical (unpaired) electrons. The molecule has 21 heavy (non-hydrogen) atoms. The van der Waals surface area contributed by atoms with Gasteiger partial charge in [-0.1, -0.05) is 37.9 Å². The molecule has 3 N–H and O–H groups in total. The van der Waals surface area contributed by atoms with E-state index in [0.717, 1.165) is 25.7 Å². The maximum absolute atomic E-state index is 13.0. The second-order valence-electron chi connectivity index (χ2n) is 5.88. The highest BCUT2D eigenvalue weighted by Crippen LogP contribution is 2.38. The molecular weight excluding hydrogens is 290 g/mol. The lowest BCUT2D eigenvalue weighted by atomic mass is 9.78. The zero-order valence-electron chi connectivity index (χ0n) is 12.2. The van der Waals surface area contributed by atoms with Crippen molar-refractivity contribution in [3.63, 3.8) is 0 Å². The summed E-state index contributed by atoms with van der Waals surface area (Å²) in [7, 11) is 0. The lowest BCUT2D eigenvalue weighted by Crippen LogP contribution is -2.62. The molecule has 0 aromatic rings. The molecule has 1 aliphatic heterocycles. The number of carbonyl (C=O) groups excluding carboxylic acids is 3. The number of imide groups is 1. The maximum atomic E-state index is 13.0. The molecule has 116 valence electrons. The minimum Gasteiger partial charge on any atom is -0.392 e. The van der Waals surface area contributed by atoms with E-state index in [1.807, 2.05) is 0 Å². The number of hydrogen-bond donors (Lipinski definition) is 2. The molecule has 0 aromatic carbocycles. The first kappa shape index (κ1) is 15.9. The number of nitrogens with one attached hydrogen (secondary N) is 1. The first-order valence-electron chi connectivity index (χ1n) is 7.33. The Bertz CT molecular complexity index is 484. The van der Waals surface area contributed by atoms with Crippen molar-refractivity contribution in [2.45, 2.75) is 51.5 Å². The largest absolute Gasteiger partial charge is 0.392 e. The standard InChI is InChI=1S/C14H21N3O3S/c1-9-11(19)16-10(18)8-17(9)13(20)14(12(15)21)6-4-2-3-5-7-14/h9H,2-8H2,1H3,(H2,15,21)(H,16,18,19). The zero-order valence-corrected chi connectivity index (χ0v) is 13.0. The van der Waals surface area contributed by atoms with Crippen LogP contribution in [0.2, 0.25) is 0 Å². The van der Waals surface area contributed by atoms with Crippen molar-refractivity contribution in [1.82, 2.24) is 10.2 Å². The van der Waals surface area contributed by atoms with Gasteiger partial charge in [-0.2, -0.15) is 0 Å². The number of hydrogen-bond acceptors (Lipinski definition) is 4. The van der Waals surface area contributed by atoms with E-state index in [0.29, 0.717) is 12.8 Å². The molecule has 0 spiro atoms. The summed E-state index contributed by atoms with van der Waals surface area (Å²) in [6.07, 6.45) is 5.05. The van der Waals surface area contributed by atoms with Gasteiger partial charge in [-0.25, -0.2) is 0 Å². The Morgan fingerprint density at radius 1 is 1.29 bits per heavy atom. The predicted octanol–water partition coefficient (Wildman–Crippen LogP) is 0.487. The summed E-state index contributed by atoms with van der Waals surface area (Å²) in [6, 6.07) is -0.676. The summed E-state index contributed by atoms with van der Waals surface area (Å²) in [5.74, 6) is -1.18. The first-order chi connectivity index (χ1) is 9.88. The van der Waals surface area contributed by atoms with Crippen LogP contribution in [0.25, 0.3) is 0 Å². The molecule has 1 saturated heterocycles. The smallest absolute Gasteiger partial charge is 0.249 e. The third kappa shape index (κ3) is 2.92. The van der Waals surface area contributed by atoms with Crippen LogP contribution in [0, 0.1) is 5.41 Å². The van der Waals surface area contributed by atoms with Crippen molar-refractivity contribution in [2.75, 3.05) is 6.54 Å². The molecule has 1 heterocycles. The van der Waals surface area contributed by atoms with Crippen LogP contribution >= 0.6 is 12.2 Å². The van der Waals surface area contributed by atoms with Crippen LogP contribution in [-0.2, 0) is 14.4 Å². The molecule has 2 aliphatic rings. The van der Waals surface area contributed by atoms with Crippen LogP contribution < -0.4 is 11.1 Å². The number of piperazine rings is 1. The normalized spacial score (nSPS) is 26.0. The second kappa shape index (κ2) is 6.09. The molecule has 7 heteroatoms. The molecule has 0 aromatic heterocycles. The van der Waals surface area contributed by atoms with E-state index < -0.39 is 23.3 Å². The lowest BCUT2D eigenvalue weighted by molar-refractivity contribution is -0.153. The Hall–Kier alpha value is -1.50. The van der Waals surface area contributed by atoms with Gasteiger partial charge in [0.15, 0.2) is 0 Å². The van der Waals surface area contributed by atoms with E-state index in [1.54, 1.807) is 6.92 Å². The van der Waals surface area contributed by atoms with Crippen molar-refractivity contribution in [3.05, 3.63) is 0 Å². The summed E-state index contributed by atoms with van der Waals surface area (Å²) in [5, 5.41) is 2.24. The molecule has 6 nitrogen and oxygen atoms in total. The van der Waals surface area contributed by atoms with E-state index >= 15 is 0 Å². The van der Waals surface area contributed by atoms with Gasteiger partial charge in [-0.15, -0.1) is 0 Å². The van der Waals surface area contributed by atoms with Crippen molar-refractivity contribution < 1.29 is 14.4 Å². The molecule has 1 aliphatic carbocycles. The minimum atomic E-state index is -0.905. The zero-order chi connectivity index (χ0) is 15.6. The van der Waals surface area contributed by atoms with Gasteiger partial charge < -0.3 is 10.6 Å². The highest BCUT2D eigenvalue weighted by Gasteiger charge is 2.47. The number of nitrogens with two attached hydrogens (primary N) is 1. The van der Waals surface area contributed by atoms with E-state index in [2.05, 4.69) is 5.32 Å². The quantitative estimate of drug-likeness (QED) is 0.440. The Kier molecular flexibility index (Phi) is 4.61. The fourth-order valence-corrected chi connectivity index (χ4v) is 3.43. The van der Waals surface area contributed by atoms with Crippen LogP contribution in [0.1, 0.15) is 45.4 Å². The number of carbonyl (C=O) groups is 3. The van der Waals surface area contributed by atoms with E-state index in [9.17, 15) is 14.4 Å². The highest BCUT2D eigenvalue weighted by atomic mass is 32.1. The third-order valence-electron chi connectivity index (χ3n) is 4.52. The average Bonchev–Trinajstić information content (AvgIpc) is 2.68. The van der Waals surface area contributed by atoms with Gasteiger partial charge in [0.25, 0.3) is 0 Å². The van der Waals surface area contributed by atoms with Gasteiger partial charge in [0.1, 0.15) is 12.6 Å². The van der Waals surface area contributed by atoms with Crippen LogP contribution in [0.15, 0.2) is 0 Å². The number of amides is 3. The van der Waals surface area contributed by atoms with Gasteiger partial charge in [0.05, 0.1) is 10.4 Å². The Morgan fingerprint density at radius 2 is 1.86 bits per heavy atom. The lowest BCUT2D eigenvalue weighted by Gasteiger charge is -2.39. The molecule has 1 saturated carbocycles. The molecule has 1 unspecified atom stereocenters.